The van der Waals surface area contributed by atoms with Crippen LogP contribution in [0.1, 0.15) is 31.1 Å². The number of carbonyl (C=O) groups excluding carboxylic acids is 1. The lowest BCUT2D eigenvalue weighted by atomic mass is 9.76. The van der Waals surface area contributed by atoms with Crippen LogP contribution in [-0.4, -0.2) is 29.3 Å². The fourth-order valence-corrected chi connectivity index (χ4v) is 3.54. The number of ether oxygens (including phenoxy) is 2. The summed E-state index contributed by atoms with van der Waals surface area (Å²) in [5, 5.41) is 3.71. The van der Waals surface area contributed by atoms with Crippen LogP contribution in [-0.2, 0) is 17.8 Å². The van der Waals surface area contributed by atoms with Crippen LogP contribution in [0.15, 0.2) is 35.0 Å². The zero-order chi connectivity index (χ0) is 16.6. The lowest BCUT2D eigenvalue weighted by Gasteiger charge is -2.40. The molecule has 2 aliphatic heterocycles. The number of hydrogen-bond acceptors (Lipinski definition) is 5. The van der Waals surface area contributed by atoms with Gasteiger partial charge in [0.2, 0.25) is 12.7 Å². The molecule has 0 spiro atoms. The van der Waals surface area contributed by atoms with Gasteiger partial charge in [0.15, 0.2) is 17.3 Å². The average molecular weight is 328 g/mol. The van der Waals surface area contributed by atoms with Crippen LogP contribution in [0, 0.1) is 5.41 Å². The third-order valence-electron chi connectivity index (χ3n) is 4.77. The molecule has 0 N–H and O–H groups in total. The summed E-state index contributed by atoms with van der Waals surface area (Å²) in [5.41, 5.74) is 1.23. The Bertz CT molecular complexity index is 743. The van der Waals surface area contributed by atoms with Gasteiger partial charge in [-0.1, -0.05) is 18.1 Å². The summed E-state index contributed by atoms with van der Waals surface area (Å²) >= 11 is 0. The Hall–Kier alpha value is -2.50. The van der Waals surface area contributed by atoms with Crippen LogP contribution in [0.3, 0.4) is 0 Å². The molecule has 1 saturated heterocycles. The van der Waals surface area contributed by atoms with Gasteiger partial charge in [-0.05, 0) is 36.0 Å². The second-order valence-electron chi connectivity index (χ2n) is 6.90. The van der Waals surface area contributed by atoms with Crippen molar-refractivity contribution < 1.29 is 18.8 Å². The number of amides is 1. The highest BCUT2D eigenvalue weighted by molar-refractivity contribution is 5.77. The van der Waals surface area contributed by atoms with E-state index in [4.69, 9.17) is 14.0 Å². The van der Waals surface area contributed by atoms with Gasteiger partial charge in [0.05, 0.1) is 12.7 Å². The number of carbonyl (C=O) groups is 1. The molecule has 1 atom stereocenters. The molecule has 0 aliphatic carbocycles. The molecule has 1 aromatic carbocycles. The molecule has 4 rings (SSSR count). The Morgan fingerprint density at radius 3 is 2.96 bits per heavy atom. The van der Waals surface area contributed by atoms with Crippen molar-refractivity contribution in [3.63, 3.8) is 0 Å². The highest BCUT2D eigenvalue weighted by Crippen LogP contribution is 2.38. The highest BCUT2D eigenvalue weighted by Gasteiger charge is 2.35. The second kappa shape index (κ2) is 5.85. The van der Waals surface area contributed by atoms with E-state index in [9.17, 15) is 4.79 Å². The molecule has 1 unspecified atom stereocenters. The highest BCUT2D eigenvalue weighted by atomic mass is 16.7. The molecule has 6 nitrogen and oxygen atoms in total. The van der Waals surface area contributed by atoms with Crippen LogP contribution in [0.5, 0.6) is 11.5 Å². The Morgan fingerprint density at radius 1 is 1.25 bits per heavy atom. The fourth-order valence-electron chi connectivity index (χ4n) is 3.54. The van der Waals surface area contributed by atoms with Crippen molar-refractivity contribution in [3.05, 3.63) is 41.8 Å². The maximum absolute atomic E-state index is 12.2. The van der Waals surface area contributed by atoms with Gasteiger partial charge in [-0.2, -0.15) is 0 Å². The average Bonchev–Trinajstić information content (AvgIpc) is 3.22. The van der Waals surface area contributed by atoms with E-state index in [1.165, 1.54) is 5.56 Å². The van der Waals surface area contributed by atoms with Gasteiger partial charge in [-0.15, -0.1) is 0 Å². The molecule has 1 amide bonds. The van der Waals surface area contributed by atoms with E-state index >= 15 is 0 Å². The molecule has 3 heterocycles. The second-order valence-corrected chi connectivity index (χ2v) is 6.90. The van der Waals surface area contributed by atoms with Crippen molar-refractivity contribution >= 4 is 5.91 Å². The number of nitrogens with zero attached hydrogens (tertiary/aromatic N) is 2. The van der Waals surface area contributed by atoms with Crippen molar-refractivity contribution in [1.29, 1.82) is 0 Å². The molecule has 1 aromatic heterocycles. The van der Waals surface area contributed by atoms with Crippen LogP contribution in [0.2, 0.25) is 0 Å². The van der Waals surface area contributed by atoms with Crippen LogP contribution in [0.4, 0.5) is 0 Å². The Balaban J connectivity index is 1.48. The first-order valence-electron chi connectivity index (χ1n) is 8.17. The van der Waals surface area contributed by atoms with Crippen molar-refractivity contribution in [2.45, 2.75) is 32.7 Å². The maximum Gasteiger partial charge on any atom is 0.231 e. The van der Waals surface area contributed by atoms with E-state index in [1.54, 1.807) is 12.3 Å². The molecule has 6 heteroatoms. The fraction of sp³-hybridized carbons (Fsp3) is 0.444. The SMILES string of the molecule is CC1(Cc2ccc3c(c2)OCO3)CCC(=O)N(Cc2ccno2)C1. The predicted octanol–water partition coefficient (Wildman–Crippen LogP) is 2.77. The van der Waals surface area contributed by atoms with E-state index in [1.807, 2.05) is 17.0 Å². The molecule has 0 bridgehead atoms. The molecule has 24 heavy (non-hydrogen) atoms. The van der Waals surface area contributed by atoms with Gasteiger partial charge < -0.3 is 18.9 Å². The summed E-state index contributed by atoms with van der Waals surface area (Å²) in [5.74, 6) is 2.50. The topological polar surface area (TPSA) is 64.8 Å². The first-order chi connectivity index (χ1) is 11.6. The van der Waals surface area contributed by atoms with Gasteiger partial charge in [0.1, 0.15) is 0 Å². The van der Waals surface area contributed by atoms with Crippen molar-refractivity contribution in [1.82, 2.24) is 10.1 Å². The van der Waals surface area contributed by atoms with Gasteiger partial charge in [0, 0.05) is 19.0 Å². The Kier molecular flexibility index (Phi) is 3.67. The predicted molar refractivity (Wildman–Crippen MR) is 85.5 cm³/mol. The van der Waals surface area contributed by atoms with Crippen molar-refractivity contribution in [3.8, 4) is 11.5 Å². The maximum atomic E-state index is 12.2. The molecule has 2 aliphatic rings. The summed E-state index contributed by atoms with van der Waals surface area (Å²) in [7, 11) is 0. The number of rotatable bonds is 4. The molecule has 1 fully saturated rings. The Morgan fingerprint density at radius 2 is 2.12 bits per heavy atom. The van der Waals surface area contributed by atoms with E-state index < -0.39 is 0 Å². The van der Waals surface area contributed by atoms with Crippen molar-refractivity contribution in [2.24, 2.45) is 5.41 Å². The van der Waals surface area contributed by atoms with Crippen LogP contribution in [0.25, 0.3) is 0 Å². The van der Waals surface area contributed by atoms with E-state index in [-0.39, 0.29) is 18.1 Å². The number of aromatic nitrogens is 1. The first kappa shape index (κ1) is 15.1. The summed E-state index contributed by atoms with van der Waals surface area (Å²) in [6.45, 7) is 3.71. The zero-order valence-electron chi connectivity index (χ0n) is 13.7. The third-order valence-corrected chi connectivity index (χ3v) is 4.77. The summed E-state index contributed by atoms with van der Waals surface area (Å²) in [6.07, 6.45) is 3.95. The standard InChI is InChI=1S/C18H20N2O4/c1-18(9-13-2-3-15-16(8-13)23-12-22-15)6-4-17(21)20(11-18)10-14-5-7-19-24-14/h2-3,5,7-8H,4,6,9-12H2,1H3. The minimum absolute atomic E-state index is 0.0294. The minimum Gasteiger partial charge on any atom is -0.454 e. The number of likely N-dealkylation sites (tertiary alicyclic amines) is 1. The molecular weight excluding hydrogens is 308 g/mol. The molecule has 126 valence electrons. The quantitative estimate of drug-likeness (QED) is 0.863. The third kappa shape index (κ3) is 2.96. The Labute approximate surface area is 140 Å². The number of hydrogen-bond donors (Lipinski definition) is 0. The van der Waals surface area contributed by atoms with Crippen LogP contribution < -0.4 is 9.47 Å². The van der Waals surface area contributed by atoms with E-state index in [0.717, 1.165) is 30.1 Å². The van der Waals surface area contributed by atoms with Crippen molar-refractivity contribution in [2.75, 3.05) is 13.3 Å². The van der Waals surface area contributed by atoms with E-state index in [0.29, 0.717) is 19.5 Å². The number of piperidine rings is 1. The molecule has 0 radical (unpaired) electrons. The summed E-state index contributed by atoms with van der Waals surface area (Å²) < 4.78 is 16.0. The monoisotopic (exact) mass is 328 g/mol. The molecule has 2 aromatic rings. The lowest BCUT2D eigenvalue weighted by molar-refractivity contribution is -0.138. The molecular formula is C18H20N2O4. The van der Waals surface area contributed by atoms with Gasteiger partial charge in [-0.3, -0.25) is 4.79 Å². The van der Waals surface area contributed by atoms with E-state index in [2.05, 4.69) is 18.1 Å². The number of fused-ring (bicyclic) bond motifs is 1. The van der Waals surface area contributed by atoms with Gasteiger partial charge in [0.25, 0.3) is 0 Å². The molecule has 0 saturated carbocycles. The zero-order valence-corrected chi connectivity index (χ0v) is 13.7. The normalized spacial score (nSPS) is 22.9. The number of benzene rings is 1. The first-order valence-corrected chi connectivity index (χ1v) is 8.17. The van der Waals surface area contributed by atoms with Gasteiger partial charge in [-0.25, -0.2) is 0 Å². The summed E-state index contributed by atoms with van der Waals surface area (Å²) in [6, 6.07) is 7.89. The summed E-state index contributed by atoms with van der Waals surface area (Å²) in [4.78, 5) is 14.1. The minimum atomic E-state index is 0.0294. The van der Waals surface area contributed by atoms with Crippen LogP contribution >= 0.6 is 0 Å². The lowest BCUT2D eigenvalue weighted by Crippen LogP contribution is -2.45. The van der Waals surface area contributed by atoms with Gasteiger partial charge >= 0.3 is 0 Å². The smallest absolute Gasteiger partial charge is 0.231 e. The largest absolute Gasteiger partial charge is 0.454 e.